The van der Waals surface area contributed by atoms with Gasteiger partial charge < -0.3 is 10.1 Å². The van der Waals surface area contributed by atoms with Crippen molar-refractivity contribution in [3.8, 4) is 0 Å². The third-order valence-corrected chi connectivity index (χ3v) is 5.76. The molecule has 0 aromatic carbocycles. The molecule has 2 atom stereocenters. The molecule has 0 spiro atoms. The first-order chi connectivity index (χ1) is 10.4. The third-order valence-electron chi connectivity index (χ3n) is 5.76. The predicted octanol–water partition coefficient (Wildman–Crippen LogP) is 5.43. The first kappa shape index (κ1) is 23.4. The molecule has 0 aromatic heterocycles. The van der Waals surface area contributed by atoms with E-state index in [2.05, 4.69) is 74.6 Å². The Morgan fingerprint density at radius 1 is 0.917 bits per heavy atom. The summed E-state index contributed by atoms with van der Waals surface area (Å²) < 4.78 is 5.82. The fraction of sp³-hybridized carbons (Fsp3) is 0.952. The first-order valence-electron chi connectivity index (χ1n) is 9.28. The molecule has 0 aliphatic carbocycles. The molecule has 0 saturated carbocycles. The normalized spacial score (nSPS) is 16.7. The molecular formula is C21H43NO2. The van der Waals surface area contributed by atoms with Gasteiger partial charge in [-0.15, -0.1) is 0 Å². The molecule has 1 N–H and O–H groups in total. The van der Waals surface area contributed by atoms with Gasteiger partial charge in [0.2, 0.25) is 0 Å². The molecule has 0 heterocycles. The Labute approximate surface area is 151 Å². The summed E-state index contributed by atoms with van der Waals surface area (Å²) >= 11 is 0. The highest BCUT2D eigenvalue weighted by atomic mass is 16.5. The van der Waals surface area contributed by atoms with Crippen LogP contribution < -0.4 is 5.32 Å². The van der Waals surface area contributed by atoms with Crippen LogP contribution in [0.1, 0.15) is 89.0 Å². The number of rotatable bonds is 7. The van der Waals surface area contributed by atoms with E-state index < -0.39 is 0 Å². The Kier molecular flexibility index (Phi) is 7.58. The monoisotopic (exact) mass is 341 g/mol. The van der Waals surface area contributed by atoms with Crippen molar-refractivity contribution < 1.29 is 9.53 Å². The van der Waals surface area contributed by atoms with E-state index in [0.29, 0.717) is 6.04 Å². The largest absolute Gasteiger partial charge is 0.462 e. The Bertz CT molecular complexity index is 411. The Morgan fingerprint density at radius 2 is 1.38 bits per heavy atom. The minimum Gasteiger partial charge on any atom is -0.462 e. The number of hydrogen-bond acceptors (Lipinski definition) is 3. The number of esters is 1. The summed E-state index contributed by atoms with van der Waals surface area (Å²) in [6.07, 6.45) is 1.80. The quantitative estimate of drug-likeness (QED) is 0.627. The SMILES string of the molecule is CNC(CC(C)(C)C(C)(C)C(CC(C)(C)C)OC(C)=O)C(C)(C)C. The van der Waals surface area contributed by atoms with Gasteiger partial charge in [0.15, 0.2) is 0 Å². The van der Waals surface area contributed by atoms with Gasteiger partial charge in [0, 0.05) is 18.4 Å². The zero-order valence-corrected chi connectivity index (χ0v) is 18.4. The van der Waals surface area contributed by atoms with Crippen LogP contribution in [-0.4, -0.2) is 25.2 Å². The van der Waals surface area contributed by atoms with Crippen molar-refractivity contribution >= 4 is 5.97 Å². The summed E-state index contributed by atoms with van der Waals surface area (Å²) in [6.45, 7) is 24.1. The maximum atomic E-state index is 11.7. The fourth-order valence-corrected chi connectivity index (χ4v) is 3.25. The van der Waals surface area contributed by atoms with E-state index in [1.54, 1.807) is 0 Å². The molecule has 0 aliphatic rings. The highest BCUT2D eigenvalue weighted by Gasteiger charge is 2.47. The molecule has 0 bridgehead atoms. The van der Waals surface area contributed by atoms with E-state index >= 15 is 0 Å². The minimum absolute atomic E-state index is 0.0132. The molecule has 0 amide bonds. The van der Waals surface area contributed by atoms with Crippen LogP contribution in [0.3, 0.4) is 0 Å². The van der Waals surface area contributed by atoms with Crippen molar-refractivity contribution in [2.24, 2.45) is 21.7 Å². The van der Waals surface area contributed by atoms with Gasteiger partial charge in [-0.25, -0.2) is 0 Å². The van der Waals surface area contributed by atoms with E-state index in [0.717, 1.165) is 12.8 Å². The lowest BCUT2D eigenvalue weighted by molar-refractivity contribution is -0.162. The van der Waals surface area contributed by atoms with Gasteiger partial charge in [0.25, 0.3) is 0 Å². The van der Waals surface area contributed by atoms with Gasteiger partial charge in [-0.1, -0.05) is 69.2 Å². The molecule has 2 unspecified atom stereocenters. The highest BCUT2D eigenvalue weighted by Crippen LogP contribution is 2.49. The summed E-state index contributed by atoms with van der Waals surface area (Å²) in [6, 6.07) is 0.402. The number of carbonyl (C=O) groups excluding carboxylic acids is 1. The molecule has 0 radical (unpaired) electrons. The van der Waals surface area contributed by atoms with Crippen LogP contribution >= 0.6 is 0 Å². The molecule has 0 rings (SSSR count). The average Bonchev–Trinajstić information content (AvgIpc) is 2.31. The Hall–Kier alpha value is -0.570. The van der Waals surface area contributed by atoms with E-state index in [1.807, 2.05) is 7.05 Å². The molecule has 0 fully saturated rings. The van der Waals surface area contributed by atoms with Crippen molar-refractivity contribution in [2.45, 2.75) is 101 Å². The lowest BCUT2D eigenvalue weighted by Crippen LogP contribution is -2.50. The van der Waals surface area contributed by atoms with Gasteiger partial charge in [0.1, 0.15) is 6.10 Å². The summed E-state index contributed by atoms with van der Waals surface area (Å²) in [5.41, 5.74) is 0.175. The van der Waals surface area contributed by atoms with Gasteiger partial charge >= 0.3 is 5.97 Å². The summed E-state index contributed by atoms with van der Waals surface area (Å²) in [7, 11) is 2.04. The van der Waals surface area contributed by atoms with Gasteiger partial charge in [0.05, 0.1) is 0 Å². The number of hydrogen-bond donors (Lipinski definition) is 1. The van der Waals surface area contributed by atoms with E-state index in [9.17, 15) is 4.79 Å². The van der Waals surface area contributed by atoms with Crippen molar-refractivity contribution in [1.29, 1.82) is 0 Å². The Morgan fingerprint density at radius 3 is 1.67 bits per heavy atom. The molecule has 0 saturated heterocycles. The maximum absolute atomic E-state index is 11.7. The lowest BCUT2D eigenvalue weighted by atomic mass is 9.58. The summed E-state index contributed by atoms with van der Waals surface area (Å²) in [5, 5.41) is 3.49. The van der Waals surface area contributed by atoms with Crippen LogP contribution in [0.2, 0.25) is 0 Å². The van der Waals surface area contributed by atoms with Crippen molar-refractivity contribution in [1.82, 2.24) is 5.32 Å². The highest BCUT2D eigenvalue weighted by molar-refractivity contribution is 5.66. The van der Waals surface area contributed by atoms with Crippen LogP contribution in [0.4, 0.5) is 0 Å². The van der Waals surface area contributed by atoms with Crippen LogP contribution in [0.15, 0.2) is 0 Å². The predicted molar refractivity (Wildman–Crippen MR) is 104 cm³/mol. The van der Waals surface area contributed by atoms with E-state index in [1.165, 1.54) is 6.92 Å². The van der Waals surface area contributed by atoms with Gasteiger partial charge in [-0.2, -0.15) is 0 Å². The maximum Gasteiger partial charge on any atom is 0.302 e. The smallest absolute Gasteiger partial charge is 0.302 e. The second-order valence-electron chi connectivity index (χ2n) is 10.9. The van der Waals surface area contributed by atoms with Crippen LogP contribution in [0.25, 0.3) is 0 Å². The molecule has 3 nitrogen and oxygen atoms in total. The van der Waals surface area contributed by atoms with Crippen LogP contribution in [0, 0.1) is 21.7 Å². The number of carbonyl (C=O) groups is 1. The number of ether oxygens (including phenoxy) is 1. The average molecular weight is 342 g/mol. The van der Waals surface area contributed by atoms with E-state index in [-0.39, 0.29) is 33.7 Å². The van der Waals surface area contributed by atoms with Crippen molar-refractivity contribution in [2.75, 3.05) is 7.05 Å². The molecule has 0 aliphatic heterocycles. The van der Waals surface area contributed by atoms with Crippen LogP contribution in [0.5, 0.6) is 0 Å². The van der Waals surface area contributed by atoms with E-state index in [4.69, 9.17) is 4.74 Å². The Balaban J connectivity index is 5.61. The minimum atomic E-state index is -0.186. The molecule has 144 valence electrons. The molecule has 0 aromatic rings. The fourth-order valence-electron chi connectivity index (χ4n) is 3.25. The second-order valence-corrected chi connectivity index (χ2v) is 10.9. The topological polar surface area (TPSA) is 38.3 Å². The summed E-state index contributed by atoms with van der Waals surface area (Å²) in [4.78, 5) is 11.7. The number of nitrogens with one attached hydrogen (secondary N) is 1. The summed E-state index contributed by atoms with van der Waals surface area (Å²) in [5.74, 6) is -0.186. The van der Waals surface area contributed by atoms with Gasteiger partial charge in [-0.05, 0) is 36.1 Å². The van der Waals surface area contributed by atoms with Crippen molar-refractivity contribution in [3.05, 3.63) is 0 Å². The lowest BCUT2D eigenvalue weighted by Gasteiger charge is -2.50. The first-order valence-corrected chi connectivity index (χ1v) is 9.28. The molecule has 24 heavy (non-hydrogen) atoms. The van der Waals surface area contributed by atoms with Crippen molar-refractivity contribution in [3.63, 3.8) is 0 Å². The zero-order chi connectivity index (χ0) is 19.6. The molecular weight excluding hydrogens is 298 g/mol. The standard InChI is InChI=1S/C21H43NO2/c1-15(23)24-17(14-18(2,3)4)21(10,11)20(8,9)13-16(22-12)19(5,6)7/h16-17,22H,13-14H2,1-12H3. The zero-order valence-electron chi connectivity index (χ0n) is 18.4. The third kappa shape index (κ3) is 6.74. The van der Waals surface area contributed by atoms with Crippen LogP contribution in [-0.2, 0) is 9.53 Å². The molecule has 3 heteroatoms. The van der Waals surface area contributed by atoms with Gasteiger partial charge in [-0.3, -0.25) is 4.79 Å². The second kappa shape index (κ2) is 7.76.